The fourth-order valence-corrected chi connectivity index (χ4v) is 4.47. The van der Waals surface area contributed by atoms with Gasteiger partial charge in [0.05, 0.1) is 6.54 Å². The van der Waals surface area contributed by atoms with Crippen LogP contribution >= 0.6 is 0 Å². The van der Waals surface area contributed by atoms with Crippen molar-refractivity contribution in [1.82, 2.24) is 14.5 Å². The molecule has 0 saturated carbocycles. The number of furan rings is 1. The summed E-state index contributed by atoms with van der Waals surface area (Å²) in [4.78, 5) is 9.39. The summed E-state index contributed by atoms with van der Waals surface area (Å²) in [5.41, 5.74) is 10.9. The lowest BCUT2D eigenvalue weighted by Gasteiger charge is -2.09. The molecule has 8 heteroatoms. The van der Waals surface area contributed by atoms with Crippen LogP contribution in [-0.2, 0) is 19.1 Å². The molecular weight excluding hydrogens is 441 g/mol. The Bertz CT molecular complexity index is 1550. The molecule has 0 unspecified atom stereocenters. The average Bonchev–Trinajstić information content (AvgIpc) is 3.33. The van der Waals surface area contributed by atoms with E-state index in [1.165, 1.54) is 6.07 Å². The molecule has 0 aliphatic rings. The van der Waals surface area contributed by atoms with Gasteiger partial charge in [-0.1, -0.05) is 31.2 Å². The Morgan fingerprint density at radius 1 is 1.00 bits per heavy atom. The van der Waals surface area contributed by atoms with Crippen molar-refractivity contribution in [2.24, 2.45) is 0 Å². The second kappa shape index (κ2) is 7.90. The second-order valence-electron chi connectivity index (χ2n) is 8.45. The molecule has 174 valence electrons. The maximum Gasteiger partial charge on any atom is 0.450 e. The third-order valence-electron chi connectivity index (χ3n) is 6.00. The van der Waals surface area contributed by atoms with Crippen LogP contribution in [0.4, 0.5) is 18.9 Å². The largest absolute Gasteiger partial charge is 0.450 e. The van der Waals surface area contributed by atoms with Crippen LogP contribution in [0.25, 0.3) is 33.3 Å². The van der Waals surface area contributed by atoms with Crippen LogP contribution in [0.1, 0.15) is 35.3 Å². The number of nitrogens with two attached hydrogens (primary N) is 1. The smallest absolute Gasteiger partial charge is 0.450 e. The summed E-state index contributed by atoms with van der Waals surface area (Å²) in [5, 5.41) is 0.371. The lowest BCUT2D eigenvalue weighted by atomic mass is 10.0. The van der Waals surface area contributed by atoms with E-state index in [1.807, 2.05) is 37.5 Å². The zero-order valence-corrected chi connectivity index (χ0v) is 19.0. The molecule has 0 fully saturated rings. The molecule has 0 amide bonds. The minimum Gasteiger partial charge on any atom is -0.450 e. The number of imidazole rings is 1. The number of benzene rings is 2. The van der Waals surface area contributed by atoms with E-state index in [0.29, 0.717) is 35.2 Å². The van der Waals surface area contributed by atoms with Crippen molar-refractivity contribution >= 4 is 27.6 Å². The first-order chi connectivity index (χ1) is 16.2. The lowest BCUT2D eigenvalue weighted by molar-refractivity contribution is -0.151. The third kappa shape index (κ3) is 3.59. The highest BCUT2D eigenvalue weighted by Gasteiger charge is 2.38. The van der Waals surface area contributed by atoms with E-state index >= 15 is 0 Å². The van der Waals surface area contributed by atoms with Crippen molar-refractivity contribution in [3.05, 3.63) is 76.9 Å². The zero-order valence-electron chi connectivity index (χ0n) is 19.0. The van der Waals surface area contributed by atoms with Gasteiger partial charge in [0.1, 0.15) is 17.1 Å². The van der Waals surface area contributed by atoms with Crippen molar-refractivity contribution in [1.29, 1.82) is 0 Å². The fourth-order valence-electron chi connectivity index (χ4n) is 4.47. The van der Waals surface area contributed by atoms with Crippen LogP contribution in [0, 0.1) is 13.8 Å². The first kappa shape index (κ1) is 22.0. The Labute approximate surface area is 194 Å². The van der Waals surface area contributed by atoms with Crippen LogP contribution in [0.2, 0.25) is 0 Å². The highest BCUT2D eigenvalue weighted by molar-refractivity contribution is 5.99. The van der Waals surface area contributed by atoms with Crippen molar-refractivity contribution in [2.75, 3.05) is 5.73 Å². The Balaban J connectivity index is 1.68. The number of pyridine rings is 1. The van der Waals surface area contributed by atoms with Crippen LogP contribution in [0.3, 0.4) is 0 Å². The van der Waals surface area contributed by atoms with Gasteiger partial charge in [-0.2, -0.15) is 13.2 Å². The Hall–Kier alpha value is -3.81. The molecule has 0 saturated heterocycles. The molecule has 0 spiro atoms. The average molecular weight is 464 g/mol. The Morgan fingerprint density at radius 3 is 2.47 bits per heavy atom. The van der Waals surface area contributed by atoms with Gasteiger partial charge in [0.25, 0.3) is 0 Å². The molecule has 34 heavy (non-hydrogen) atoms. The van der Waals surface area contributed by atoms with E-state index in [2.05, 4.69) is 4.98 Å². The van der Waals surface area contributed by atoms with Gasteiger partial charge in [-0.05, 0) is 49.2 Å². The summed E-state index contributed by atoms with van der Waals surface area (Å²) in [6.07, 6.45) is -3.97. The Morgan fingerprint density at radius 2 is 1.76 bits per heavy atom. The van der Waals surface area contributed by atoms with Gasteiger partial charge in [0, 0.05) is 34.1 Å². The molecule has 0 bridgehead atoms. The van der Waals surface area contributed by atoms with E-state index < -0.39 is 11.9 Å². The summed E-state index contributed by atoms with van der Waals surface area (Å²) in [6, 6.07) is 13.7. The van der Waals surface area contributed by atoms with E-state index in [0.717, 1.165) is 28.2 Å². The zero-order chi connectivity index (χ0) is 24.2. The maximum absolute atomic E-state index is 13.9. The molecule has 0 atom stereocenters. The van der Waals surface area contributed by atoms with Crippen LogP contribution < -0.4 is 5.73 Å². The molecule has 5 aromatic rings. The number of alkyl halides is 3. The van der Waals surface area contributed by atoms with Gasteiger partial charge in [0.2, 0.25) is 5.76 Å². The number of para-hydroxylation sites is 1. The standard InChI is InChI=1S/C26H23F3N4O/c1-4-21-32-22-14(2)11-15(3)31-25(22)33(21)13-16-9-10-17-19(12-16)24(26(27,28)29)34-23(17)18-7-5-6-8-20(18)30/h5-12H,4,13,30H2,1-3H3. The van der Waals surface area contributed by atoms with Crippen molar-refractivity contribution in [3.8, 4) is 11.3 Å². The van der Waals surface area contributed by atoms with Gasteiger partial charge < -0.3 is 14.7 Å². The number of rotatable bonds is 4. The summed E-state index contributed by atoms with van der Waals surface area (Å²) in [7, 11) is 0. The Kier molecular flexibility index (Phi) is 5.11. The van der Waals surface area contributed by atoms with Crippen molar-refractivity contribution < 1.29 is 17.6 Å². The quantitative estimate of drug-likeness (QED) is 0.302. The molecule has 2 aromatic carbocycles. The predicted octanol–water partition coefficient (Wildman–Crippen LogP) is 6.67. The number of nitrogens with zero attached hydrogens (tertiary/aromatic N) is 3. The SMILES string of the molecule is CCc1nc2c(C)cc(C)nc2n1Cc1ccc2c(-c3ccccc3N)oc(C(F)(F)F)c2c1. The maximum atomic E-state index is 13.9. The molecule has 0 aliphatic heterocycles. The van der Waals surface area contributed by atoms with E-state index in [4.69, 9.17) is 15.1 Å². The molecular formula is C26H23F3N4O. The lowest BCUT2D eigenvalue weighted by Crippen LogP contribution is -2.06. The van der Waals surface area contributed by atoms with Gasteiger partial charge in [-0.25, -0.2) is 9.97 Å². The van der Waals surface area contributed by atoms with Crippen LogP contribution in [0.5, 0.6) is 0 Å². The van der Waals surface area contributed by atoms with E-state index in [9.17, 15) is 13.2 Å². The van der Waals surface area contributed by atoms with Gasteiger partial charge in [-0.3, -0.25) is 0 Å². The minimum atomic E-state index is -4.65. The number of hydrogen-bond acceptors (Lipinski definition) is 4. The topological polar surface area (TPSA) is 69.9 Å². The number of aryl methyl sites for hydroxylation is 3. The number of fused-ring (bicyclic) bond motifs is 2. The summed E-state index contributed by atoms with van der Waals surface area (Å²) >= 11 is 0. The normalized spacial score (nSPS) is 12.2. The summed E-state index contributed by atoms with van der Waals surface area (Å²) in [6.45, 7) is 6.24. The number of hydrogen-bond donors (Lipinski definition) is 1. The molecule has 5 rings (SSSR count). The van der Waals surface area contributed by atoms with Gasteiger partial charge in [0.15, 0.2) is 5.65 Å². The highest BCUT2D eigenvalue weighted by Crippen LogP contribution is 2.43. The predicted molar refractivity (Wildman–Crippen MR) is 127 cm³/mol. The second-order valence-corrected chi connectivity index (χ2v) is 8.45. The number of halogens is 3. The highest BCUT2D eigenvalue weighted by atomic mass is 19.4. The van der Waals surface area contributed by atoms with Crippen molar-refractivity contribution in [2.45, 2.75) is 39.9 Å². The van der Waals surface area contributed by atoms with Gasteiger partial charge in [-0.15, -0.1) is 0 Å². The fraction of sp³-hybridized carbons (Fsp3) is 0.231. The summed E-state index contributed by atoms with van der Waals surface area (Å²) in [5.74, 6) is -0.0851. The molecule has 3 aromatic heterocycles. The molecule has 0 radical (unpaired) electrons. The first-order valence-corrected chi connectivity index (χ1v) is 11.0. The van der Waals surface area contributed by atoms with E-state index in [-0.39, 0.29) is 11.1 Å². The van der Waals surface area contributed by atoms with E-state index in [1.54, 1.807) is 30.3 Å². The minimum absolute atomic E-state index is 0.00560. The monoisotopic (exact) mass is 464 g/mol. The number of aromatic nitrogens is 3. The molecule has 3 heterocycles. The first-order valence-electron chi connectivity index (χ1n) is 11.0. The van der Waals surface area contributed by atoms with Crippen LogP contribution in [-0.4, -0.2) is 14.5 Å². The molecule has 0 aliphatic carbocycles. The van der Waals surface area contributed by atoms with Gasteiger partial charge >= 0.3 is 6.18 Å². The number of nitrogen functional groups attached to an aromatic ring is 1. The van der Waals surface area contributed by atoms with Crippen LogP contribution in [0.15, 0.2) is 52.9 Å². The number of anilines is 1. The molecule has 5 nitrogen and oxygen atoms in total. The van der Waals surface area contributed by atoms with Crippen molar-refractivity contribution in [3.63, 3.8) is 0 Å². The molecule has 2 N–H and O–H groups in total. The third-order valence-corrected chi connectivity index (χ3v) is 6.00. The summed E-state index contributed by atoms with van der Waals surface area (Å²) < 4.78 is 49.1.